The third-order valence-electron chi connectivity index (χ3n) is 6.95. The Balaban J connectivity index is 1.38. The number of hydrogen-bond donors (Lipinski definition) is 3. The Morgan fingerprint density at radius 3 is 2.69 bits per heavy atom. The second-order valence-electron chi connectivity index (χ2n) is 8.95. The molecule has 1 unspecified atom stereocenters. The molecule has 1 atom stereocenters. The van der Waals surface area contributed by atoms with Gasteiger partial charge in [-0.1, -0.05) is 42.8 Å². The average molecular weight is 435 g/mol. The van der Waals surface area contributed by atoms with Crippen LogP contribution in [0.25, 0.3) is 0 Å². The van der Waals surface area contributed by atoms with Crippen molar-refractivity contribution in [1.29, 1.82) is 0 Å². The summed E-state index contributed by atoms with van der Waals surface area (Å²) in [5.74, 6) is 1.37. The summed E-state index contributed by atoms with van der Waals surface area (Å²) < 4.78 is 0. The molecule has 0 spiro atoms. The van der Waals surface area contributed by atoms with Crippen LogP contribution in [0.3, 0.4) is 0 Å². The normalized spacial score (nSPS) is 20.3. The number of benzene rings is 1. The highest BCUT2D eigenvalue weighted by molar-refractivity contribution is 5.80. The highest BCUT2D eigenvalue weighted by Gasteiger charge is 2.38. The van der Waals surface area contributed by atoms with Crippen LogP contribution in [-0.4, -0.2) is 43.5 Å². The van der Waals surface area contributed by atoms with E-state index in [-0.39, 0.29) is 17.2 Å². The number of nitrogens with zero attached hydrogens (tertiary/aromatic N) is 3. The number of piperidine rings is 1. The van der Waals surface area contributed by atoms with Crippen molar-refractivity contribution >= 4 is 17.7 Å². The maximum atomic E-state index is 11.7. The zero-order valence-corrected chi connectivity index (χ0v) is 18.9. The van der Waals surface area contributed by atoms with Crippen LogP contribution in [0.5, 0.6) is 0 Å². The van der Waals surface area contributed by atoms with Crippen molar-refractivity contribution in [2.45, 2.75) is 44.1 Å². The van der Waals surface area contributed by atoms with Crippen molar-refractivity contribution in [1.82, 2.24) is 15.6 Å². The van der Waals surface area contributed by atoms with E-state index in [2.05, 4.69) is 61.9 Å². The monoisotopic (exact) mass is 434 g/mol. The van der Waals surface area contributed by atoms with Gasteiger partial charge in [0.1, 0.15) is 5.82 Å². The van der Waals surface area contributed by atoms with Gasteiger partial charge < -0.3 is 21.3 Å². The van der Waals surface area contributed by atoms with Crippen molar-refractivity contribution in [2.75, 3.05) is 31.6 Å². The molecule has 1 saturated heterocycles. The van der Waals surface area contributed by atoms with Gasteiger partial charge in [-0.2, -0.15) is 0 Å². The first-order valence-electron chi connectivity index (χ1n) is 11.6. The predicted octanol–water partition coefficient (Wildman–Crippen LogP) is 2.57. The molecular weight excluding hydrogens is 400 g/mol. The molecule has 2 aromatic rings. The van der Waals surface area contributed by atoms with Gasteiger partial charge in [-0.05, 0) is 37.3 Å². The smallest absolute Gasteiger partial charge is 0.222 e. The van der Waals surface area contributed by atoms with Gasteiger partial charge >= 0.3 is 0 Å². The standard InChI is InChI=1S/C25H34N6O/c1-27-24(30-18-25(12-7-13-25)21-10-3-2-4-11-21)29-16-19-8-5-14-28-23(19)31-15-6-9-20(17-31)22(26)32/h2-5,8,10-11,14,20H,6-7,9,12-13,15-18H2,1H3,(H2,26,32)(H2,27,29,30). The molecule has 0 radical (unpaired) electrons. The van der Waals surface area contributed by atoms with Gasteiger partial charge in [0.25, 0.3) is 0 Å². The summed E-state index contributed by atoms with van der Waals surface area (Å²) in [6, 6.07) is 14.8. The number of nitrogens with two attached hydrogens (primary N) is 1. The van der Waals surface area contributed by atoms with Crippen LogP contribution < -0.4 is 21.3 Å². The van der Waals surface area contributed by atoms with Crippen molar-refractivity contribution in [3.63, 3.8) is 0 Å². The van der Waals surface area contributed by atoms with E-state index in [4.69, 9.17) is 5.73 Å². The lowest BCUT2D eigenvalue weighted by atomic mass is 9.64. The first-order valence-corrected chi connectivity index (χ1v) is 11.6. The van der Waals surface area contributed by atoms with E-state index in [0.29, 0.717) is 13.1 Å². The fourth-order valence-corrected chi connectivity index (χ4v) is 4.87. The molecule has 1 aromatic carbocycles. The summed E-state index contributed by atoms with van der Waals surface area (Å²) in [5.41, 5.74) is 8.24. The first-order chi connectivity index (χ1) is 15.6. The number of guanidine groups is 1. The van der Waals surface area contributed by atoms with Crippen LogP contribution in [0.4, 0.5) is 5.82 Å². The van der Waals surface area contributed by atoms with E-state index in [1.54, 1.807) is 13.2 Å². The molecular formula is C25H34N6O. The third kappa shape index (κ3) is 4.87. The van der Waals surface area contributed by atoms with Crippen molar-refractivity contribution < 1.29 is 4.79 Å². The molecule has 170 valence electrons. The molecule has 7 heteroatoms. The van der Waals surface area contributed by atoms with Crippen LogP contribution >= 0.6 is 0 Å². The number of rotatable bonds is 7. The largest absolute Gasteiger partial charge is 0.369 e. The van der Waals surface area contributed by atoms with Crippen LogP contribution in [0.1, 0.15) is 43.2 Å². The fourth-order valence-electron chi connectivity index (χ4n) is 4.87. The van der Waals surface area contributed by atoms with E-state index >= 15 is 0 Å². The van der Waals surface area contributed by atoms with Crippen molar-refractivity contribution in [2.24, 2.45) is 16.6 Å². The molecule has 2 aliphatic rings. The van der Waals surface area contributed by atoms with E-state index in [0.717, 1.165) is 43.3 Å². The summed E-state index contributed by atoms with van der Waals surface area (Å²) >= 11 is 0. The lowest BCUT2D eigenvalue weighted by molar-refractivity contribution is -0.122. The van der Waals surface area contributed by atoms with E-state index < -0.39 is 0 Å². The maximum Gasteiger partial charge on any atom is 0.222 e. The number of aliphatic imine (C=N–C) groups is 1. The van der Waals surface area contributed by atoms with Crippen LogP contribution in [-0.2, 0) is 16.8 Å². The van der Waals surface area contributed by atoms with Crippen LogP contribution in [0.15, 0.2) is 53.7 Å². The molecule has 1 saturated carbocycles. The molecule has 7 nitrogen and oxygen atoms in total. The second kappa shape index (κ2) is 10.0. The Labute approximate surface area is 190 Å². The summed E-state index contributed by atoms with van der Waals surface area (Å²) in [4.78, 5) is 22.9. The fraction of sp³-hybridized carbons (Fsp3) is 0.480. The Bertz CT molecular complexity index is 940. The third-order valence-corrected chi connectivity index (χ3v) is 6.95. The summed E-state index contributed by atoms with van der Waals surface area (Å²) in [6.07, 6.45) is 7.27. The first kappa shape index (κ1) is 22.1. The molecule has 4 rings (SSSR count). The van der Waals surface area contributed by atoms with Crippen LogP contribution in [0, 0.1) is 5.92 Å². The maximum absolute atomic E-state index is 11.7. The quantitative estimate of drug-likeness (QED) is 0.460. The molecule has 4 N–H and O–H groups in total. The molecule has 0 bridgehead atoms. The number of amides is 1. The molecule has 1 amide bonds. The van der Waals surface area contributed by atoms with E-state index in [1.807, 2.05) is 6.07 Å². The second-order valence-corrected chi connectivity index (χ2v) is 8.95. The Morgan fingerprint density at radius 2 is 2.00 bits per heavy atom. The van der Waals surface area contributed by atoms with Gasteiger partial charge in [0.05, 0.1) is 5.92 Å². The van der Waals surface area contributed by atoms with Crippen LogP contribution in [0.2, 0.25) is 0 Å². The lowest BCUT2D eigenvalue weighted by Gasteiger charge is -2.43. The zero-order chi connectivity index (χ0) is 22.4. The minimum atomic E-state index is -0.224. The molecule has 2 fully saturated rings. The Morgan fingerprint density at radius 1 is 1.19 bits per heavy atom. The van der Waals surface area contributed by atoms with Gasteiger partial charge in [0.15, 0.2) is 5.96 Å². The predicted molar refractivity (Wildman–Crippen MR) is 129 cm³/mol. The van der Waals surface area contributed by atoms with Gasteiger partial charge in [0.2, 0.25) is 5.91 Å². The highest BCUT2D eigenvalue weighted by atomic mass is 16.1. The number of nitrogens with one attached hydrogen (secondary N) is 2. The minimum Gasteiger partial charge on any atom is -0.369 e. The molecule has 32 heavy (non-hydrogen) atoms. The number of pyridine rings is 1. The summed E-state index contributed by atoms with van der Waals surface area (Å²) in [6.45, 7) is 2.99. The van der Waals surface area contributed by atoms with Gasteiger partial charge in [-0.15, -0.1) is 0 Å². The Kier molecular flexibility index (Phi) is 6.93. The average Bonchev–Trinajstić information content (AvgIpc) is 2.81. The molecule has 2 heterocycles. The summed E-state index contributed by atoms with van der Waals surface area (Å²) in [5, 5.41) is 7.00. The van der Waals surface area contributed by atoms with Crippen molar-refractivity contribution in [3.05, 3.63) is 59.8 Å². The minimum absolute atomic E-state index is 0.113. The number of hydrogen-bond acceptors (Lipinski definition) is 4. The number of anilines is 1. The highest BCUT2D eigenvalue weighted by Crippen LogP contribution is 2.43. The van der Waals surface area contributed by atoms with E-state index in [1.165, 1.54) is 24.8 Å². The number of carbonyl (C=O) groups is 1. The molecule has 1 aliphatic heterocycles. The SMILES string of the molecule is CN=C(NCc1cccnc1N1CCCC(C(N)=O)C1)NCC1(c2ccccc2)CCC1. The summed E-state index contributed by atoms with van der Waals surface area (Å²) in [7, 11) is 1.80. The lowest BCUT2D eigenvalue weighted by Crippen LogP contribution is -2.48. The zero-order valence-electron chi connectivity index (χ0n) is 18.9. The molecule has 1 aromatic heterocycles. The van der Waals surface area contributed by atoms with Gasteiger partial charge in [-0.3, -0.25) is 9.79 Å². The molecule has 1 aliphatic carbocycles. The topological polar surface area (TPSA) is 95.6 Å². The number of aromatic nitrogens is 1. The Hall–Kier alpha value is -3.09. The van der Waals surface area contributed by atoms with E-state index in [9.17, 15) is 4.79 Å². The number of primary amides is 1. The van der Waals surface area contributed by atoms with Crippen molar-refractivity contribution in [3.8, 4) is 0 Å². The number of carbonyl (C=O) groups excluding carboxylic acids is 1. The van der Waals surface area contributed by atoms with Gasteiger partial charge in [0, 0.05) is 50.4 Å². The van der Waals surface area contributed by atoms with Gasteiger partial charge in [-0.25, -0.2) is 4.98 Å².